The molecule has 42 heavy (non-hydrogen) atoms. The van der Waals surface area contributed by atoms with Crippen LogP contribution in [-0.4, -0.2) is 51.4 Å². The normalized spacial score (nSPS) is 16.3. The Kier molecular flexibility index (Phi) is 9.30. The van der Waals surface area contributed by atoms with Crippen molar-refractivity contribution >= 4 is 35.2 Å². The van der Waals surface area contributed by atoms with Gasteiger partial charge in [0.1, 0.15) is 16.1 Å². The molecule has 0 aliphatic carbocycles. The zero-order valence-corrected chi connectivity index (χ0v) is 25.3. The van der Waals surface area contributed by atoms with Crippen molar-refractivity contribution in [3.05, 3.63) is 87.4 Å². The van der Waals surface area contributed by atoms with E-state index in [0.29, 0.717) is 12.1 Å². The number of hydrogen-bond donors (Lipinski definition) is 3. The average Bonchev–Trinajstić information content (AvgIpc) is 3.59. The average molecular weight is 592 g/mol. The molecule has 0 saturated carbocycles. The molecule has 0 radical (unpaired) electrons. The SMILES string of the molecule is Cc1csc(C2CCCN2C(=O)c2cccc(C(=O)NNC(=O)C(C)(Cc3ccccc3)NC(=O)OC(C)(C)C)c2)n1. The highest BCUT2D eigenvalue weighted by Crippen LogP contribution is 2.34. The second kappa shape index (κ2) is 12.7. The van der Waals surface area contributed by atoms with Gasteiger partial charge in [-0.2, -0.15) is 0 Å². The number of alkyl carbamates (subject to hydrolysis) is 1. The van der Waals surface area contributed by atoms with Gasteiger partial charge in [0.25, 0.3) is 17.7 Å². The zero-order chi connectivity index (χ0) is 30.5. The standard InChI is InChI=1S/C31H37N5O5S/c1-20-19-42-26(32-20)24-15-10-16-36(24)27(38)23-14-9-13-22(17-23)25(37)34-35-28(39)31(5,18-21-11-7-6-8-12-21)33-29(40)41-30(2,3)4/h6-9,11-14,17,19,24H,10,15-16,18H2,1-5H3,(H,33,40)(H,34,37)(H,35,39). The van der Waals surface area contributed by atoms with E-state index in [1.165, 1.54) is 6.07 Å². The molecular weight excluding hydrogens is 554 g/mol. The number of benzene rings is 2. The van der Waals surface area contributed by atoms with Crippen LogP contribution in [0, 0.1) is 6.92 Å². The van der Waals surface area contributed by atoms with E-state index in [0.717, 1.165) is 29.1 Å². The van der Waals surface area contributed by atoms with E-state index in [-0.39, 0.29) is 23.9 Å². The maximum absolute atomic E-state index is 13.4. The van der Waals surface area contributed by atoms with Crippen molar-refractivity contribution in [1.82, 2.24) is 26.1 Å². The Bertz CT molecular complexity index is 1450. The highest BCUT2D eigenvalue weighted by molar-refractivity contribution is 7.09. The van der Waals surface area contributed by atoms with Crippen molar-refractivity contribution in [1.29, 1.82) is 0 Å². The van der Waals surface area contributed by atoms with Crippen molar-refractivity contribution < 1.29 is 23.9 Å². The first-order valence-corrected chi connectivity index (χ1v) is 14.7. The Morgan fingerprint density at radius 1 is 1.00 bits per heavy atom. The topological polar surface area (TPSA) is 130 Å². The first kappa shape index (κ1) is 30.7. The molecule has 0 bridgehead atoms. The van der Waals surface area contributed by atoms with Crippen LogP contribution in [0.1, 0.15) is 83.6 Å². The Hall–Kier alpha value is -4.25. The van der Waals surface area contributed by atoms with E-state index in [1.807, 2.05) is 42.6 Å². The predicted octanol–water partition coefficient (Wildman–Crippen LogP) is 4.72. The Morgan fingerprint density at radius 3 is 2.38 bits per heavy atom. The van der Waals surface area contributed by atoms with Gasteiger partial charge >= 0.3 is 6.09 Å². The lowest BCUT2D eigenvalue weighted by Crippen LogP contribution is -2.61. The summed E-state index contributed by atoms with van der Waals surface area (Å²) in [6, 6.07) is 15.5. The third kappa shape index (κ3) is 7.73. The molecule has 1 saturated heterocycles. The van der Waals surface area contributed by atoms with Crippen LogP contribution in [-0.2, 0) is 16.0 Å². The second-order valence-corrected chi connectivity index (χ2v) is 12.5. The van der Waals surface area contributed by atoms with Crippen molar-refractivity contribution in [2.75, 3.05) is 6.54 Å². The van der Waals surface area contributed by atoms with Crippen LogP contribution in [0.5, 0.6) is 0 Å². The Balaban J connectivity index is 1.45. The second-order valence-electron chi connectivity index (χ2n) is 11.6. The molecule has 1 aliphatic rings. The smallest absolute Gasteiger partial charge is 0.408 e. The largest absolute Gasteiger partial charge is 0.444 e. The van der Waals surface area contributed by atoms with Gasteiger partial charge < -0.3 is 15.0 Å². The lowest BCUT2D eigenvalue weighted by atomic mass is 9.92. The number of aromatic nitrogens is 1. The summed E-state index contributed by atoms with van der Waals surface area (Å²) in [4.78, 5) is 58.8. The minimum atomic E-state index is -1.45. The summed E-state index contributed by atoms with van der Waals surface area (Å²) in [5.41, 5.74) is 4.94. The fraction of sp³-hybridized carbons (Fsp3) is 0.387. The fourth-order valence-electron chi connectivity index (χ4n) is 4.79. The number of amides is 4. The zero-order valence-electron chi connectivity index (χ0n) is 24.5. The van der Waals surface area contributed by atoms with E-state index in [4.69, 9.17) is 4.74 Å². The van der Waals surface area contributed by atoms with Gasteiger partial charge in [0, 0.05) is 35.2 Å². The van der Waals surface area contributed by atoms with Gasteiger partial charge in [-0.25, -0.2) is 9.78 Å². The van der Waals surface area contributed by atoms with Gasteiger partial charge in [-0.3, -0.25) is 25.2 Å². The van der Waals surface area contributed by atoms with Crippen molar-refractivity contribution in [2.24, 2.45) is 0 Å². The van der Waals surface area contributed by atoms with Crippen molar-refractivity contribution in [2.45, 2.75) is 71.1 Å². The number of carbonyl (C=O) groups is 4. The maximum atomic E-state index is 13.4. The number of nitrogens with one attached hydrogen (secondary N) is 3. The van der Waals surface area contributed by atoms with E-state index < -0.39 is 29.0 Å². The molecule has 0 spiro atoms. The molecule has 4 rings (SSSR count). The quantitative estimate of drug-likeness (QED) is 0.341. The summed E-state index contributed by atoms with van der Waals surface area (Å²) in [7, 11) is 0. The Labute approximate surface area is 249 Å². The summed E-state index contributed by atoms with van der Waals surface area (Å²) >= 11 is 1.55. The number of hydrogen-bond acceptors (Lipinski definition) is 7. The summed E-state index contributed by atoms with van der Waals surface area (Å²) in [5.74, 6) is -1.43. The third-order valence-electron chi connectivity index (χ3n) is 6.78. The van der Waals surface area contributed by atoms with Crippen molar-refractivity contribution in [3.8, 4) is 0 Å². The van der Waals surface area contributed by atoms with Crippen LogP contribution in [0.15, 0.2) is 60.0 Å². The van der Waals surface area contributed by atoms with Gasteiger partial charge in [-0.15, -0.1) is 11.3 Å². The molecule has 1 aliphatic heterocycles. The molecule has 11 heteroatoms. The minimum Gasteiger partial charge on any atom is -0.444 e. The molecule has 3 aromatic rings. The van der Waals surface area contributed by atoms with E-state index in [9.17, 15) is 19.2 Å². The number of thiazole rings is 1. The van der Waals surface area contributed by atoms with E-state index in [1.54, 1.807) is 62.1 Å². The molecular formula is C31H37N5O5S. The van der Waals surface area contributed by atoms with Gasteiger partial charge in [-0.1, -0.05) is 36.4 Å². The molecule has 10 nitrogen and oxygen atoms in total. The lowest BCUT2D eigenvalue weighted by molar-refractivity contribution is -0.127. The minimum absolute atomic E-state index is 0.0901. The summed E-state index contributed by atoms with van der Waals surface area (Å²) in [6.07, 6.45) is 1.10. The highest BCUT2D eigenvalue weighted by atomic mass is 32.1. The monoisotopic (exact) mass is 591 g/mol. The number of ether oxygens (including phenoxy) is 1. The molecule has 1 fully saturated rings. The Morgan fingerprint density at radius 2 is 1.71 bits per heavy atom. The molecule has 4 amide bonds. The first-order chi connectivity index (χ1) is 19.8. The number of aryl methyl sites for hydroxylation is 1. The van der Waals surface area contributed by atoms with Gasteiger partial charge in [0.2, 0.25) is 0 Å². The summed E-state index contributed by atoms with van der Waals surface area (Å²) in [5, 5.41) is 5.54. The maximum Gasteiger partial charge on any atom is 0.408 e. The fourth-order valence-corrected chi connectivity index (χ4v) is 5.73. The number of nitrogens with zero attached hydrogens (tertiary/aromatic N) is 2. The molecule has 2 aromatic carbocycles. The van der Waals surface area contributed by atoms with Crippen LogP contribution in [0.25, 0.3) is 0 Å². The first-order valence-electron chi connectivity index (χ1n) is 13.8. The van der Waals surface area contributed by atoms with Crippen molar-refractivity contribution in [3.63, 3.8) is 0 Å². The predicted molar refractivity (Wildman–Crippen MR) is 160 cm³/mol. The van der Waals surface area contributed by atoms with Crippen LogP contribution >= 0.6 is 11.3 Å². The lowest BCUT2D eigenvalue weighted by Gasteiger charge is -2.31. The van der Waals surface area contributed by atoms with Crippen LogP contribution in [0.2, 0.25) is 0 Å². The molecule has 1 aromatic heterocycles. The molecule has 2 heterocycles. The summed E-state index contributed by atoms with van der Waals surface area (Å²) in [6.45, 7) is 9.28. The van der Waals surface area contributed by atoms with Gasteiger partial charge in [-0.05, 0) is 71.2 Å². The number of carbonyl (C=O) groups excluding carboxylic acids is 4. The summed E-state index contributed by atoms with van der Waals surface area (Å²) < 4.78 is 5.37. The molecule has 2 unspecified atom stereocenters. The van der Waals surface area contributed by atoms with E-state index in [2.05, 4.69) is 21.2 Å². The van der Waals surface area contributed by atoms with E-state index >= 15 is 0 Å². The number of hydrazine groups is 1. The highest BCUT2D eigenvalue weighted by Gasteiger charge is 2.37. The van der Waals surface area contributed by atoms with Crippen LogP contribution in [0.3, 0.4) is 0 Å². The number of likely N-dealkylation sites (tertiary alicyclic amines) is 1. The van der Waals surface area contributed by atoms with Gasteiger partial charge in [0.15, 0.2) is 0 Å². The third-order valence-corrected chi connectivity index (χ3v) is 7.84. The van der Waals surface area contributed by atoms with Gasteiger partial charge in [0.05, 0.1) is 6.04 Å². The van der Waals surface area contributed by atoms with Crippen LogP contribution in [0.4, 0.5) is 4.79 Å². The van der Waals surface area contributed by atoms with Crippen LogP contribution < -0.4 is 16.2 Å². The number of rotatable bonds is 7. The molecule has 222 valence electrons. The molecule has 2 atom stereocenters. The molecule has 3 N–H and O–H groups in total.